The van der Waals surface area contributed by atoms with Crippen LogP contribution in [0.4, 0.5) is 0 Å². The first-order valence-corrected chi connectivity index (χ1v) is 12.2. The molecule has 0 spiro atoms. The largest absolute Gasteiger partial charge is 0.504 e. The second kappa shape index (κ2) is 11.2. The van der Waals surface area contributed by atoms with Crippen LogP contribution in [0, 0.1) is 0 Å². The molecule has 4 aromatic rings. The molecule has 0 unspecified atom stereocenters. The van der Waals surface area contributed by atoms with E-state index in [4.69, 9.17) is 4.74 Å². The molecule has 0 atom stereocenters. The van der Waals surface area contributed by atoms with Gasteiger partial charge in [-0.1, -0.05) is 27.7 Å². The minimum Gasteiger partial charge on any atom is -0.504 e. The van der Waals surface area contributed by atoms with Crippen LogP contribution in [0.2, 0.25) is 0 Å². The van der Waals surface area contributed by atoms with Crippen molar-refractivity contribution < 1.29 is 14.6 Å². The van der Waals surface area contributed by atoms with Gasteiger partial charge in [0.05, 0.1) is 18.6 Å². The van der Waals surface area contributed by atoms with Gasteiger partial charge in [-0.3, -0.25) is 14.3 Å². The fraction of sp³-hybridized carbons (Fsp3) is 0.125. The lowest BCUT2D eigenvalue weighted by Gasteiger charge is -2.10. The molecule has 0 saturated heterocycles. The third kappa shape index (κ3) is 5.87. The number of nitrogens with one attached hydrogen (secondary N) is 1. The Kier molecular flexibility index (Phi) is 7.78. The Balaban J connectivity index is 1.50. The zero-order valence-corrected chi connectivity index (χ0v) is 21.2. The predicted octanol–water partition coefficient (Wildman–Crippen LogP) is 4.44. The first-order valence-electron chi connectivity index (χ1n) is 10.4. The number of aromatic nitrogens is 4. The van der Waals surface area contributed by atoms with Gasteiger partial charge in [-0.15, -0.1) is 10.2 Å². The summed E-state index contributed by atoms with van der Waals surface area (Å²) in [4.78, 5) is 16.6. The Bertz CT molecular complexity index is 1360. The maximum absolute atomic E-state index is 12.5. The maximum Gasteiger partial charge on any atom is 0.250 e. The summed E-state index contributed by atoms with van der Waals surface area (Å²) in [7, 11) is 1.47. The molecule has 2 N–H and O–H groups in total. The molecule has 11 heteroatoms. The molecule has 0 saturated carbocycles. The van der Waals surface area contributed by atoms with Gasteiger partial charge in [0.15, 0.2) is 22.5 Å². The van der Waals surface area contributed by atoms with Gasteiger partial charge in [-0.25, -0.2) is 5.43 Å². The molecule has 0 fully saturated rings. The third-order valence-corrected chi connectivity index (χ3v) is 6.39. The molecule has 178 valence electrons. The highest BCUT2D eigenvalue weighted by Crippen LogP contribution is 2.29. The number of ether oxygens (including phenoxy) is 1. The zero-order valence-electron chi connectivity index (χ0n) is 18.8. The topological polar surface area (TPSA) is 115 Å². The molecule has 0 aliphatic carbocycles. The van der Waals surface area contributed by atoms with Crippen LogP contribution in [-0.2, 0) is 4.79 Å². The number of rotatable bonds is 8. The number of phenolic OH excluding ortho intramolecular Hbond substituents is 1. The Hall–Kier alpha value is -3.70. The van der Waals surface area contributed by atoms with Crippen molar-refractivity contribution in [1.82, 2.24) is 25.2 Å². The van der Waals surface area contributed by atoms with Crippen molar-refractivity contribution in [2.75, 3.05) is 12.9 Å². The lowest BCUT2D eigenvalue weighted by molar-refractivity contribution is -0.118. The number of nitrogens with zero attached hydrogens (tertiary/aromatic N) is 5. The molecule has 9 nitrogen and oxygen atoms in total. The third-order valence-electron chi connectivity index (χ3n) is 4.93. The predicted molar refractivity (Wildman–Crippen MR) is 138 cm³/mol. The molecule has 0 radical (unpaired) electrons. The van der Waals surface area contributed by atoms with Crippen LogP contribution in [0.25, 0.3) is 17.1 Å². The van der Waals surface area contributed by atoms with Crippen molar-refractivity contribution in [2.45, 2.75) is 12.1 Å². The molecular weight excluding hydrogens is 532 g/mol. The van der Waals surface area contributed by atoms with Crippen molar-refractivity contribution in [3.05, 3.63) is 77.0 Å². The van der Waals surface area contributed by atoms with Crippen LogP contribution >= 0.6 is 27.7 Å². The van der Waals surface area contributed by atoms with E-state index in [1.165, 1.54) is 24.9 Å². The molecule has 4 rings (SSSR count). The van der Waals surface area contributed by atoms with Gasteiger partial charge in [0, 0.05) is 33.7 Å². The second-order valence-corrected chi connectivity index (χ2v) is 9.12. The number of benzene rings is 2. The summed E-state index contributed by atoms with van der Waals surface area (Å²) in [5.74, 6) is 0.797. The van der Waals surface area contributed by atoms with Gasteiger partial charge in [0.1, 0.15) is 0 Å². The number of halogens is 1. The summed E-state index contributed by atoms with van der Waals surface area (Å²) in [6.45, 7) is 1.75. The van der Waals surface area contributed by atoms with Crippen molar-refractivity contribution in [1.29, 1.82) is 0 Å². The van der Waals surface area contributed by atoms with Gasteiger partial charge in [0.2, 0.25) is 0 Å². The van der Waals surface area contributed by atoms with Gasteiger partial charge < -0.3 is 9.84 Å². The van der Waals surface area contributed by atoms with E-state index < -0.39 is 0 Å². The number of hydrazone groups is 1. The number of hydrogen-bond donors (Lipinski definition) is 2. The molecule has 0 aliphatic rings. The molecule has 2 aromatic heterocycles. The maximum atomic E-state index is 12.5. The number of carbonyl (C=O) groups excluding carboxylic acids is 1. The monoisotopic (exact) mass is 552 g/mol. The Morgan fingerprint density at radius 3 is 2.60 bits per heavy atom. The molecule has 0 bridgehead atoms. The highest BCUT2D eigenvalue weighted by molar-refractivity contribution is 9.10. The first-order chi connectivity index (χ1) is 17.0. The number of hydrogen-bond acceptors (Lipinski definition) is 8. The second-order valence-electron chi connectivity index (χ2n) is 7.26. The van der Waals surface area contributed by atoms with Gasteiger partial charge in [-0.2, -0.15) is 5.10 Å². The van der Waals surface area contributed by atoms with Crippen molar-refractivity contribution in [3.63, 3.8) is 0 Å². The minimum atomic E-state index is -0.295. The minimum absolute atomic E-state index is 0.0329. The Morgan fingerprint density at radius 1 is 1.14 bits per heavy atom. The van der Waals surface area contributed by atoms with E-state index in [9.17, 15) is 9.90 Å². The highest BCUT2D eigenvalue weighted by Gasteiger charge is 2.17. The van der Waals surface area contributed by atoms with E-state index in [0.717, 1.165) is 15.7 Å². The van der Waals surface area contributed by atoms with E-state index in [-0.39, 0.29) is 17.4 Å². The molecule has 0 aliphatic heterocycles. The van der Waals surface area contributed by atoms with Gasteiger partial charge in [-0.05, 0) is 61.5 Å². The van der Waals surface area contributed by atoms with Crippen LogP contribution in [0.5, 0.6) is 11.5 Å². The fourth-order valence-corrected chi connectivity index (χ4v) is 4.16. The van der Waals surface area contributed by atoms with Gasteiger partial charge >= 0.3 is 0 Å². The highest BCUT2D eigenvalue weighted by atomic mass is 79.9. The summed E-state index contributed by atoms with van der Waals surface area (Å²) < 4.78 is 7.97. The fourth-order valence-electron chi connectivity index (χ4n) is 3.15. The van der Waals surface area contributed by atoms with Crippen molar-refractivity contribution in [3.8, 4) is 28.6 Å². The Labute approximate surface area is 214 Å². The number of amides is 1. The number of methoxy groups -OCH3 is 1. The lowest BCUT2D eigenvalue weighted by Crippen LogP contribution is -2.21. The number of aromatic hydroxyl groups is 1. The molecule has 35 heavy (non-hydrogen) atoms. The lowest BCUT2D eigenvalue weighted by atomic mass is 10.1. The summed E-state index contributed by atoms with van der Waals surface area (Å²) >= 11 is 4.71. The van der Waals surface area contributed by atoms with Crippen molar-refractivity contribution in [2.24, 2.45) is 5.10 Å². The SMILES string of the molecule is COc1cc(C(C)=NNC(=O)CSc2nnc(-c3ccncc3)n2-c2ccc(Br)cc2)ccc1O. The average Bonchev–Trinajstić information content (AvgIpc) is 3.31. The van der Waals surface area contributed by atoms with E-state index in [2.05, 4.69) is 41.6 Å². The zero-order chi connectivity index (χ0) is 24.8. The van der Waals surface area contributed by atoms with Crippen LogP contribution in [-0.4, -0.2) is 49.3 Å². The number of pyridine rings is 1. The van der Waals surface area contributed by atoms with Gasteiger partial charge in [0.25, 0.3) is 5.91 Å². The Morgan fingerprint density at radius 2 is 1.89 bits per heavy atom. The van der Waals surface area contributed by atoms with Crippen LogP contribution < -0.4 is 10.2 Å². The number of phenols is 1. The van der Waals surface area contributed by atoms with Crippen LogP contribution in [0.1, 0.15) is 12.5 Å². The number of thioether (sulfide) groups is 1. The van der Waals surface area contributed by atoms with E-state index >= 15 is 0 Å². The van der Waals surface area contributed by atoms with E-state index in [1.807, 2.05) is 41.0 Å². The van der Waals surface area contributed by atoms with Crippen LogP contribution in [0.15, 0.2) is 81.7 Å². The molecule has 2 aromatic carbocycles. The standard InChI is InChI=1S/C24H21BrN6O3S/c1-15(17-3-8-20(32)21(13-17)34-2)27-28-22(33)14-35-24-30-29-23(16-9-11-26-12-10-16)31(24)19-6-4-18(25)5-7-19/h3-13,32H,14H2,1-2H3,(H,28,33). The summed E-state index contributed by atoms with van der Waals surface area (Å²) in [6, 6.07) is 16.3. The van der Waals surface area contributed by atoms with Crippen LogP contribution in [0.3, 0.4) is 0 Å². The molecule has 2 heterocycles. The summed E-state index contributed by atoms with van der Waals surface area (Å²) in [5.41, 5.74) is 5.56. The number of carbonyl (C=O) groups is 1. The smallest absolute Gasteiger partial charge is 0.250 e. The summed E-state index contributed by atoms with van der Waals surface area (Å²) in [5, 5.41) is 23.2. The van der Waals surface area contributed by atoms with E-state index in [1.54, 1.807) is 31.5 Å². The first kappa shape index (κ1) is 24.4. The summed E-state index contributed by atoms with van der Waals surface area (Å²) in [6.07, 6.45) is 3.39. The molecular formula is C24H21BrN6O3S. The average molecular weight is 553 g/mol. The van der Waals surface area contributed by atoms with Crippen molar-refractivity contribution >= 4 is 39.3 Å². The quantitative estimate of drug-likeness (QED) is 0.188. The molecule has 1 amide bonds. The normalized spacial score (nSPS) is 11.3. The van der Waals surface area contributed by atoms with E-state index in [0.29, 0.717) is 28.0 Å².